The fourth-order valence-corrected chi connectivity index (χ4v) is 3.33. The van der Waals surface area contributed by atoms with Crippen LogP contribution in [0.2, 0.25) is 0 Å². The number of benzene rings is 4. The van der Waals surface area contributed by atoms with Crippen LogP contribution in [0.1, 0.15) is 19.4 Å². The van der Waals surface area contributed by atoms with Gasteiger partial charge in [0, 0.05) is 0 Å². The number of ether oxygens (including phenoxy) is 2. The molecule has 2 nitrogen and oxygen atoms in total. The summed E-state index contributed by atoms with van der Waals surface area (Å²) in [6.07, 6.45) is 0.178. The average molecular weight is 368 g/mol. The third-order valence-electron chi connectivity index (χ3n) is 4.64. The van der Waals surface area contributed by atoms with Crippen LogP contribution in [0.15, 0.2) is 91.0 Å². The Balaban J connectivity index is 1.58. The summed E-state index contributed by atoms with van der Waals surface area (Å²) >= 11 is 0. The summed E-state index contributed by atoms with van der Waals surface area (Å²) in [6, 6.07) is 31.2. The Morgan fingerprint density at radius 3 is 2.21 bits per heavy atom. The fourth-order valence-electron chi connectivity index (χ4n) is 3.33. The van der Waals surface area contributed by atoms with Gasteiger partial charge < -0.3 is 9.47 Å². The second-order valence-electron chi connectivity index (χ2n) is 7.15. The third-order valence-corrected chi connectivity index (χ3v) is 4.64. The Bertz CT molecular complexity index is 1050. The molecule has 0 atom stereocenters. The Kier molecular flexibility index (Phi) is 5.29. The lowest BCUT2D eigenvalue weighted by Gasteiger charge is -2.12. The molecule has 0 fully saturated rings. The minimum atomic E-state index is 0.178. The maximum atomic E-state index is 5.98. The number of hydrogen-bond donors (Lipinski definition) is 0. The van der Waals surface area contributed by atoms with Crippen LogP contribution in [0.5, 0.6) is 11.5 Å². The van der Waals surface area contributed by atoms with Crippen molar-refractivity contribution < 1.29 is 9.47 Å². The molecule has 0 saturated heterocycles. The lowest BCUT2D eigenvalue weighted by molar-refractivity contribution is 0.242. The highest BCUT2D eigenvalue weighted by molar-refractivity contribution is 5.97. The van der Waals surface area contributed by atoms with E-state index in [1.54, 1.807) is 0 Å². The zero-order valence-electron chi connectivity index (χ0n) is 16.3. The SMILES string of the molecule is CC(C)Oc1ccc(-c2cccc3cc(OCc4ccccc4)ccc23)cc1. The first kappa shape index (κ1) is 18.1. The first-order valence-corrected chi connectivity index (χ1v) is 9.65. The number of fused-ring (bicyclic) bond motifs is 1. The van der Waals surface area contributed by atoms with Crippen molar-refractivity contribution in [3.63, 3.8) is 0 Å². The van der Waals surface area contributed by atoms with Gasteiger partial charge in [-0.15, -0.1) is 0 Å². The van der Waals surface area contributed by atoms with Crippen molar-refractivity contribution in [3.05, 3.63) is 96.6 Å². The van der Waals surface area contributed by atoms with Gasteiger partial charge in [0.25, 0.3) is 0 Å². The summed E-state index contributed by atoms with van der Waals surface area (Å²) in [6.45, 7) is 4.65. The molecule has 0 aliphatic rings. The standard InChI is InChI=1S/C26H24O2/c1-19(2)28-23-13-11-21(12-14-23)25-10-6-9-22-17-24(15-16-26(22)25)27-18-20-7-4-3-5-8-20/h3-17,19H,18H2,1-2H3. The highest BCUT2D eigenvalue weighted by Gasteiger charge is 2.06. The summed E-state index contributed by atoms with van der Waals surface area (Å²) in [4.78, 5) is 0. The highest BCUT2D eigenvalue weighted by atomic mass is 16.5. The molecule has 0 aliphatic heterocycles. The van der Waals surface area contributed by atoms with E-state index in [1.165, 1.54) is 27.5 Å². The molecular weight excluding hydrogens is 344 g/mol. The predicted molar refractivity (Wildman–Crippen MR) is 116 cm³/mol. The molecule has 0 unspecified atom stereocenters. The van der Waals surface area contributed by atoms with Gasteiger partial charge >= 0.3 is 0 Å². The van der Waals surface area contributed by atoms with Gasteiger partial charge in [0.15, 0.2) is 0 Å². The molecular formula is C26H24O2. The van der Waals surface area contributed by atoms with Gasteiger partial charge in [0.2, 0.25) is 0 Å². The van der Waals surface area contributed by atoms with Crippen LogP contribution in [0.25, 0.3) is 21.9 Å². The zero-order valence-corrected chi connectivity index (χ0v) is 16.3. The molecule has 0 aromatic heterocycles. The largest absolute Gasteiger partial charge is 0.491 e. The van der Waals surface area contributed by atoms with Gasteiger partial charge in [-0.2, -0.15) is 0 Å². The topological polar surface area (TPSA) is 18.5 Å². The van der Waals surface area contributed by atoms with Crippen molar-refractivity contribution in [1.29, 1.82) is 0 Å². The average Bonchev–Trinajstić information content (AvgIpc) is 2.72. The maximum Gasteiger partial charge on any atom is 0.120 e. The maximum absolute atomic E-state index is 5.98. The molecule has 4 aromatic rings. The Morgan fingerprint density at radius 2 is 1.46 bits per heavy atom. The molecule has 0 heterocycles. The smallest absolute Gasteiger partial charge is 0.120 e. The molecule has 140 valence electrons. The van der Waals surface area contributed by atoms with Crippen LogP contribution in [0.3, 0.4) is 0 Å². The molecule has 0 spiro atoms. The summed E-state index contributed by atoms with van der Waals surface area (Å²) < 4.78 is 11.7. The van der Waals surface area contributed by atoms with Crippen molar-refractivity contribution in [2.75, 3.05) is 0 Å². The molecule has 0 radical (unpaired) electrons. The third kappa shape index (κ3) is 4.17. The molecule has 28 heavy (non-hydrogen) atoms. The lowest BCUT2D eigenvalue weighted by atomic mass is 9.98. The molecule has 0 bridgehead atoms. The van der Waals surface area contributed by atoms with Gasteiger partial charge in [-0.3, -0.25) is 0 Å². The molecule has 0 saturated carbocycles. The first-order valence-electron chi connectivity index (χ1n) is 9.65. The van der Waals surface area contributed by atoms with E-state index in [-0.39, 0.29) is 6.10 Å². The van der Waals surface area contributed by atoms with Crippen molar-refractivity contribution in [3.8, 4) is 22.6 Å². The fraction of sp³-hybridized carbons (Fsp3) is 0.154. The van der Waals surface area contributed by atoms with E-state index in [2.05, 4.69) is 54.6 Å². The first-order chi connectivity index (χ1) is 13.7. The zero-order chi connectivity index (χ0) is 19.3. The van der Waals surface area contributed by atoms with Crippen molar-refractivity contribution >= 4 is 10.8 Å². The minimum Gasteiger partial charge on any atom is -0.491 e. The van der Waals surface area contributed by atoms with Crippen LogP contribution in [-0.2, 0) is 6.61 Å². The van der Waals surface area contributed by atoms with Gasteiger partial charge in [0.05, 0.1) is 6.10 Å². The Hall–Kier alpha value is -3.26. The number of rotatable bonds is 6. The van der Waals surface area contributed by atoms with E-state index in [4.69, 9.17) is 9.47 Å². The summed E-state index contributed by atoms with van der Waals surface area (Å²) in [7, 11) is 0. The molecule has 4 aromatic carbocycles. The monoisotopic (exact) mass is 368 g/mol. The molecule has 0 N–H and O–H groups in total. The predicted octanol–water partition coefficient (Wildman–Crippen LogP) is 6.87. The Labute approximate surface area is 166 Å². The summed E-state index contributed by atoms with van der Waals surface area (Å²) in [5.41, 5.74) is 3.56. The molecule has 0 amide bonds. The minimum absolute atomic E-state index is 0.178. The van der Waals surface area contributed by atoms with Gasteiger partial charge in [-0.1, -0.05) is 66.7 Å². The van der Waals surface area contributed by atoms with Gasteiger partial charge in [-0.25, -0.2) is 0 Å². The number of hydrogen-bond acceptors (Lipinski definition) is 2. The summed E-state index contributed by atoms with van der Waals surface area (Å²) in [5, 5.41) is 2.39. The van der Waals surface area contributed by atoms with E-state index >= 15 is 0 Å². The second kappa shape index (κ2) is 8.18. The Morgan fingerprint density at radius 1 is 0.714 bits per heavy atom. The lowest BCUT2D eigenvalue weighted by Crippen LogP contribution is -2.05. The van der Waals surface area contributed by atoms with Crippen LogP contribution >= 0.6 is 0 Å². The summed E-state index contributed by atoms with van der Waals surface area (Å²) in [5.74, 6) is 1.78. The van der Waals surface area contributed by atoms with Crippen molar-refractivity contribution in [2.24, 2.45) is 0 Å². The van der Waals surface area contributed by atoms with Crippen LogP contribution in [0.4, 0.5) is 0 Å². The van der Waals surface area contributed by atoms with Crippen molar-refractivity contribution in [2.45, 2.75) is 26.6 Å². The van der Waals surface area contributed by atoms with Crippen LogP contribution in [-0.4, -0.2) is 6.10 Å². The molecule has 2 heteroatoms. The van der Waals surface area contributed by atoms with Crippen LogP contribution < -0.4 is 9.47 Å². The second-order valence-corrected chi connectivity index (χ2v) is 7.15. The van der Waals surface area contributed by atoms with E-state index in [0.29, 0.717) is 6.61 Å². The molecule has 4 rings (SSSR count). The molecule has 0 aliphatic carbocycles. The van der Waals surface area contributed by atoms with E-state index < -0.39 is 0 Å². The van der Waals surface area contributed by atoms with E-state index in [0.717, 1.165) is 11.5 Å². The highest BCUT2D eigenvalue weighted by Crippen LogP contribution is 2.32. The van der Waals surface area contributed by atoms with Gasteiger partial charge in [-0.05, 0) is 65.6 Å². The normalized spacial score (nSPS) is 11.0. The van der Waals surface area contributed by atoms with E-state index in [1.807, 2.05) is 50.2 Å². The van der Waals surface area contributed by atoms with Crippen molar-refractivity contribution in [1.82, 2.24) is 0 Å². The van der Waals surface area contributed by atoms with E-state index in [9.17, 15) is 0 Å². The van der Waals surface area contributed by atoms with Gasteiger partial charge in [0.1, 0.15) is 18.1 Å². The van der Waals surface area contributed by atoms with Crippen LogP contribution in [0, 0.1) is 0 Å². The quantitative estimate of drug-likeness (QED) is 0.369.